The summed E-state index contributed by atoms with van der Waals surface area (Å²) in [7, 11) is 1.79. The second-order valence-corrected chi connectivity index (χ2v) is 5.74. The lowest BCUT2D eigenvalue weighted by Crippen LogP contribution is -2.57. The topological polar surface area (TPSA) is 78.4 Å². The van der Waals surface area contributed by atoms with Gasteiger partial charge in [0.05, 0.1) is 5.56 Å². The average Bonchev–Trinajstić information content (AvgIpc) is 2.56. The Morgan fingerprint density at radius 3 is 2.61 bits per heavy atom. The second kappa shape index (κ2) is 7.89. The highest BCUT2D eigenvalue weighted by Gasteiger charge is 2.35. The smallest absolute Gasteiger partial charge is 0.257 e. The lowest BCUT2D eigenvalue weighted by Gasteiger charge is -2.39. The molecule has 0 aliphatic carbocycles. The molecule has 2 amide bonds. The summed E-state index contributed by atoms with van der Waals surface area (Å²) < 4.78 is 0. The van der Waals surface area contributed by atoms with Crippen molar-refractivity contribution in [3.8, 4) is 0 Å². The van der Waals surface area contributed by atoms with Gasteiger partial charge >= 0.3 is 0 Å². The van der Waals surface area contributed by atoms with Gasteiger partial charge in [-0.15, -0.1) is 0 Å². The van der Waals surface area contributed by atoms with E-state index in [0.717, 1.165) is 19.4 Å². The number of anilines is 1. The number of piperazine rings is 1. The largest absolute Gasteiger partial charge is 0.355 e. The summed E-state index contributed by atoms with van der Waals surface area (Å²) in [6.45, 7) is 5.86. The lowest BCUT2D eigenvalue weighted by atomic mass is 10.0. The fraction of sp³-hybridized carbons (Fsp3) is 0.625. The number of nitrogens with zero attached hydrogens (tertiary/aromatic N) is 4. The molecule has 23 heavy (non-hydrogen) atoms. The molecule has 0 radical (unpaired) electrons. The molecule has 0 saturated carbocycles. The van der Waals surface area contributed by atoms with E-state index in [1.807, 2.05) is 6.92 Å². The Labute approximate surface area is 137 Å². The van der Waals surface area contributed by atoms with E-state index < -0.39 is 0 Å². The van der Waals surface area contributed by atoms with Gasteiger partial charge in [0.25, 0.3) is 5.91 Å². The van der Waals surface area contributed by atoms with E-state index >= 15 is 0 Å². The maximum atomic E-state index is 12.7. The number of rotatable bonds is 6. The predicted molar refractivity (Wildman–Crippen MR) is 88.2 cm³/mol. The van der Waals surface area contributed by atoms with E-state index in [0.29, 0.717) is 31.0 Å². The van der Waals surface area contributed by atoms with Crippen molar-refractivity contribution >= 4 is 17.8 Å². The summed E-state index contributed by atoms with van der Waals surface area (Å²) in [5, 5.41) is 2.99. The van der Waals surface area contributed by atoms with E-state index in [9.17, 15) is 9.59 Å². The highest BCUT2D eigenvalue weighted by molar-refractivity contribution is 5.97. The number of unbranched alkanes of at least 4 members (excludes halogenated alkanes) is 1. The third kappa shape index (κ3) is 3.97. The molecule has 7 nitrogen and oxygen atoms in total. The van der Waals surface area contributed by atoms with Crippen LogP contribution in [0.2, 0.25) is 0 Å². The zero-order chi connectivity index (χ0) is 16.8. The summed E-state index contributed by atoms with van der Waals surface area (Å²) in [5.74, 6) is 0.347. The van der Waals surface area contributed by atoms with Crippen LogP contribution in [0.25, 0.3) is 0 Å². The number of aromatic nitrogens is 2. The average molecular weight is 319 g/mol. The molecule has 1 N–H and O–H groups in total. The maximum Gasteiger partial charge on any atom is 0.257 e. The summed E-state index contributed by atoms with van der Waals surface area (Å²) >= 11 is 0. The summed E-state index contributed by atoms with van der Waals surface area (Å²) in [4.78, 5) is 36.8. The Bertz CT molecular complexity index is 546. The lowest BCUT2D eigenvalue weighted by molar-refractivity contribution is -0.138. The van der Waals surface area contributed by atoms with Crippen molar-refractivity contribution in [2.24, 2.45) is 0 Å². The molecule has 1 atom stereocenters. The molecule has 1 aliphatic rings. The molecule has 1 aromatic heterocycles. The summed E-state index contributed by atoms with van der Waals surface area (Å²) in [6.07, 6.45) is 5.65. The third-order valence-electron chi connectivity index (χ3n) is 4.04. The van der Waals surface area contributed by atoms with Gasteiger partial charge in [-0.05, 0) is 13.3 Å². The minimum Gasteiger partial charge on any atom is -0.355 e. The van der Waals surface area contributed by atoms with Crippen molar-refractivity contribution in [2.75, 3.05) is 32.0 Å². The molecule has 0 bridgehead atoms. The van der Waals surface area contributed by atoms with Crippen molar-refractivity contribution in [3.63, 3.8) is 0 Å². The molecular formula is C16H25N5O2. The van der Waals surface area contributed by atoms with Gasteiger partial charge in [0.15, 0.2) is 0 Å². The summed E-state index contributed by atoms with van der Waals surface area (Å²) in [6, 6.07) is -0.380. The summed E-state index contributed by atoms with van der Waals surface area (Å²) in [5.41, 5.74) is 0.422. The molecule has 0 spiro atoms. The van der Waals surface area contributed by atoms with Crippen LogP contribution in [-0.4, -0.2) is 64.3 Å². The molecule has 2 heterocycles. The number of carbonyl (C=O) groups excluding carboxylic acids is 2. The van der Waals surface area contributed by atoms with Gasteiger partial charge in [0.1, 0.15) is 6.04 Å². The Balaban J connectivity index is 2.15. The molecule has 1 aromatic rings. The van der Waals surface area contributed by atoms with Crippen molar-refractivity contribution in [3.05, 3.63) is 18.0 Å². The molecule has 1 saturated heterocycles. The highest BCUT2D eigenvalue weighted by atomic mass is 16.2. The standard InChI is InChI=1S/C16H25N5O2/c1-4-6-7-13-15(23)20(3)8-9-21(13)14(22)12-10-18-16(17-5-2)19-11-12/h10-11,13H,4-9H2,1-3H3,(H,17,18,19)/t13-/m1/s1. The number of amides is 2. The molecule has 2 rings (SSSR count). The van der Waals surface area contributed by atoms with E-state index in [-0.39, 0.29) is 17.9 Å². The molecule has 0 aromatic carbocycles. The van der Waals surface area contributed by atoms with Crippen molar-refractivity contribution in [1.82, 2.24) is 19.8 Å². The van der Waals surface area contributed by atoms with Crippen LogP contribution in [0.4, 0.5) is 5.95 Å². The van der Waals surface area contributed by atoms with Gasteiger partial charge in [0, 0.05) is 39.1 Å². The second-order valence-electron chi connectivity index (χ2n) is 5.74. The molecule has 1 aliphatic heterocycles. The van der Waals surface area contributed by atoms with Gasteiger partial charge in [0.2, 0.25) is 11.9 Å². The number of likely N-dealkylation sites (N-methyl/N-ethyl adjacent to an activating group) is 1. The minimum absolute atomic E-state index is 0.0169. The van der Waals surface area contributed by atoms with Gasteiger partial charge in [-0.25, -0.2) is 9.97 Å². The Kier molecular flexibility index (Phi) is 5.90. The molecular weight excluding hydrogens is 294 g/mol. The van der Waals surface area contributed by atoms with Crippen molar-refractivity contribution in [1.29, 1.82) is 0 Å². The fourth-order valence-corrected chi connectivity index (χ4v) is 2.69. The molecule has 1 fully saturated rings. The monoisotopic (exact) mass is 319 g/mol. The maximum absolute atomic E-state index is 12.7. The van der Waals surface area contributed by atoms with Crippen LogP contribution in [-0.2, 0) is 4.79 Å². The quantitative estimate of drug-likeness (QED) is 0.857. The first-order chi connectivity index (χ1) is 11.1. The zero-order valence-electron chi connectivity index (χ0n) is 14.1. The Hall–Kier alpha value is -2.18. The third-order valence-corrected chi connectivity index (χ3v) is 4.04. The van der Waals surface area contributed by atoms with E-state index in [1.54, 1.807) is 16.8 Å². The van der Waals surface area contributed by atoms with Gasteiger partial charge in [-0.1, -0.05) is 19.8 Å². The number of hydrogen-bond donors (Lipinski definition) is 1. The van der Waals surface area contributed by atoms with Gasteiger partial charge < -0.3 is 15.1 Å². The van der Waals surface area contributed by atoms with Crippen LogP contribution in [0.1, 0.15) is 43.5 Å². The molecule has 126 valence electrons. The normalized spacial score (nSPS) is 18.2. The molecule has 0 unspecified atom stereocenters. The van der Waals surface area contributed by atoms with Crippen molar-refractivity contribution < 1.29 is 9.59 Å². The predicted octanol–water partition coefficient (Wildman–Crippen LogP) is 1.38. The fourth-order valence-electron chi connectivity index (χ4n) is 2.69. The van der Waals surface area contributed by atoms with Crippen LogP contribution in [0.15, 0.2) is 12.4 Å². The number of nitrogens with one attached hydrogen (secondary N) is 1. The Morgan fingerprint density at radius 1 is 1.30 bits per heavy atom. The number of hydrogen-bond acceptors (Lipinski definition) is 5. The highest BCUT2D eigenvalue weighted by Crippen LogP contribution is 2.19. The van der Waals surface area contributed by atoms with Crippen LogP contribution < -0.4 is 5.32 Å². The van der Waals surface area contributed by atoms with Crippen LogP contribution in [0, 0.1) is 0 Å². The van der Waals surface area contributed by atoms with E-state index in [2.05, 4.69) is 22.2 Å². The van der Waals surface area contributed by atoms with Crippen molar-refractivity contribution in [2.45, 2.75) is 39.2 Å². The van der Waals surface area contributed by atoms with Crippen LogP contribution in [0.5, 0.6) is 0 Å². The minimum atomic E-state index is -0.380. The first-order valence-electron chi connectivity index (χ1n) is 8.20. The van der Waals surface area contributed by atoms with Gasteiger partial charge in [-0.2, -0.15) is 0 Å². The Morgan fingerprint density at radius 2 is 2.00 bits per heavy atom. The zero-order valence-corrected chi connectivity index (χ0v) is 14.1. The molecule has 7 heteroatoms. The SMILES string of the molecule is CCCC[C@@H]1C(=O)N(C)CCN1C(=O)c1cnc(NCC)nc1. The van der Waals surface area contributed by atoms with E-state index in [4.69, 9.17) is 0 Å². The first-order valence-corrected chi connectivity index (χ1v) is 8.20. The van der Waals surface area contributed by atoms with E-state index in [1.165, 1.54) is 12.4 Å². The van der Waals surface area contributed by atoms with Crippen LogP contribution in [0.3, 0.4) is 0 Å². The van der Waals surface area contributed by atoms with Gasteiger partial charge in [-0.3, -0.25) is 9.59 Å². The van der Waals surface area contributed by atoms with Crippen LogP contribution >= 0.6 is 0 Å². The number of carbonyl (C=O) groups is 2. The first kappa shape index (κ1) is 17.2.